The second kappa shape index (κ2) is 6.14. The van der Waals surface area contributed by atoms with Crippen molar-refractivity contribution in [1.29, 1.82) is 0 Å². The number of benzene rings is 1. The fourth-order valence-corrected chi connectivity index (χ4v) is 6.46. The van der Waals surface area contributed by atoms with E-state index < -0.39 is 6.09 Å². The number of urea groups is 1. The van der Waals surface area contributed by atoms with E-state index in [1.807, 2.05) is 18.2 Å². The van der Waals surface area contributed by atoms with E-state index in [-0.39, 0.29) is 11.6 Å². The van der Waals surface area contributed by atoms with Gasteiger partial charge < -0.3 is 20.6 Å². The maximum absolute atomic E-state index is 12.7. The lowest BCUT2D eigenvalue weighted by atomic mass is 9.53. The number of carboxylic acid groups (broad SMARTS) is 1. The van der Waals surface area contributed by atoms with Crippen LogP contribution in [0.25, 0.3) is 0 Å². The van der Waals surface area contributed by atoms with Crippen molar-refractivity contribution in [3.05, 3.63) is 29.3 Å². The summed E-state index contributed by atoms with van der Waals surface area (Å²) in [6.45, 7) is 0.926. The molecule has 4 fully saturated rings. The largest absolute Gasteiger partial charge is 0.465 e. The Bertz CT molecular complexity index is 756. The molecule has 6 rings (SSSR count). The first-order valence-electron chi connectivity index (χ1n) is 10.2. The highest BCUT2D eigenvalue weighted by molar-refractivity contribution is 5.90. The van der Waals surface area contributed by atoms with Gasteiger partial charge in [-0.3, -0.25) is 0 Å². The second-order valence-corrected chi connectivity index (χ2v) is 9.21. The minimum Gasteiger partial charge on any atom is -0.465 e. The number of nitrogens with one attached hydrogen (secondary N) is 2. The average molecular weight is 369 g/mol. The molecule has 5 aliphatic rings. The molecule has 1 aromatic carbocycles. The van der Waals surface area contributed by atoms with E-state index in [0.29, 0.717) is 19.5 Å². The van der Waals surface area contributed by atoms with Crippen LogP contribution in [0, 0.1) is 17.8 Å². The van der Waals surface area contributed by atoms with Crippen molar-refractivity contribution < 1.29 is 14.7 Å². The molecule has 1 aromatic rings. The lowest BCUT2D eigenvalue weighted by Crippen LogP contribution is -2.60. The summed E-state index contributed by atoms with van der Waals surface area (Å²) in [6.07, 6.45) is 7.32. The minimum atomic E-state index is -0.877. The normalized spacial score (nSPS) is 33.5. The highest BCUT2D eigenvalue weighted by Gasteiger charge is 2.51. The highest BCUT2D eigenvalue weighted by Crippen LogP contribution is 2.55. The maximum atomic E-state index is 12.7. The quantitative estimate of drug-likeness (QED) is 0.741. The Morgan fingerprint density at radius 3 is 2.33 bits per heavy atom. The molecule has 4 saturated carbocycles. The molecule has 0 saturated heterocycles. The van der Waals surface area contributed by atoms with Crippen molar-refractivity contribution in [3.8, 4) is 0 Å². The Hall–Kier alpha value is -2.24. The summed E-state index contributed by atoms with van der Waals surface area (Å²) in [6, 6.07) is 5.71. The summed E-state index contributed by atoms with van der Waals surface area (Å²) in [7, 11) is 0. The van der Waals surface area contributed by atoms with E-state index in [1.165, 1.54) is 24.2 Å². The van der Waals surface area contributed by atoms with Crippen molar-refractivity contribution in [2.75, 3.05) is 11.9 Å². The molecule has 6 nitrogen and oxygen atoms in total. The van der Waals surface area contributed by atoms with Crippen LogP contribution in [0.1, 0.15) is 49.7 Å². The van der Waals surface area contributed by atoms with Gasteiger partial charge in [-0.05, 0) is 86.0 Å². The number of amides is 3. The van der Waals surface area contributed by atoms with Gasteiger partial charge in [-0.15, -0.1) is 0 Å². The van der Waals surface area contributed by atoms with Gasteiger partial charge in [0.05, 0.1) is 0 Å². The molecule has 0 aromatic heterocycles. The van der Waals surface area contributed by atoms with E-state index >= 15 is 0 Å². The number of carbonyl (C=O) groups is 2. The SMILES string of the molecule is O=C(Nc1ccc2c(c1)CCN(C(=O)O)C2)NC12CC3CC(CC(C3)C1)C2. The van der Waals surface area contributed by atoms with Crippen molar-refractivity contribution >= 4 is 17.8 Å². The molecule has 1 heterocycles. The van der Waals surface area contributed by atoms with Gasteiger partial charge in [0.15, 0.2) is 0 Å². The van der Waals surface area contributed by atoms with E-state index in [1.54, 1.807) is 0 Å². The van der Waals surface area contributed by atoms with Gasteiger partial charge in [0.25, 0.3) is 0 Å². The fraction of sp³-hybridized carbons (Fsp3) is 0.619. The zero-order chi connectivity index (χ0) is 18.6. The third kappa shape index (κ3) is 3.15. The average Bonchev–Trinajstić information content (AvgIpc) is 2.59. The van der Waals surface area contributed by atoms with Gasteiger partial charge in [0.1, 0.15) is 0 Å². The topological polar surface area (TPSA) is 81.7 Å². The molecule has 3 amide bonds. The van der Waals surface area contributed by atoms with Gasteiger partial charge in [-0.25, -0.2) is 9.59 Å². The van der Waals surface area contributed by atoms with Gasteiger partial charge >= 0.3 is 12.1 Å². The first kappa shape index (κ1) is 16.9. The molecule has 0 spiro atoms. The van der Waals surface area contributed by atoms with Crippen LogP contribution in [0.4, 0.5) is 15.3 Å². The molecule has 144 valence electrons. The number of carbonyl (C=O) groups excluding carboxylic acids is 1. The Morgan fingerprint density at radius 2 is 1.70 bits per heavy atom. The zero-order valence-corrected chi connectivity index (χ0v) is 15.5. The zero-order valence-electron chi connectivity index (χ0n) is 15.5. The number of rotatable bonds is 2. The van der Waals surface area contributed by atoms with Gasteiger partial charge in [-0.2, -0.15) is 0 Å². The third-order valence-corrected chi connectivity index (χ3v) is 7.16. The van der Waals surface area contributed by atoms with Crippen LogP contribution in [0.5, 0.6) is 0 Å². The van der Waals surface area contributed by atoms with E-state index in [0.717, 1.165) is 53.8 Å². The number of anilines is 1. The summed E-state index contributed by atoms with van der Waals surface area (Å²) < 4.78 is 0. The highest BCUT2D eigenvalue weighted by atomic mass is 16.4. The summed E-state index contributed by atoms with van der Waals surface area (Å²) >= 11 is 0. The molecule has 27 heavy (non-hydrogen) atoms. The molecule has 4 bridgehead atoms. The minimum absolute atomic E-state index is 0.00896. The van der Waals surface area contributed by atoms with Gasteiger partial charge in [0, 0.05) is 24.3 Å². The number of fused-ring (bicyclic) bond motifs is 1. The number of nitrogens with zero attached hydrogens (tertiary/aromatic N) is 1. The Labute approximate surface area is 159 Å². The van der Waals surface area contributed by atoms with Crippen LogP contribution in [0.2, 0.25) is 0 Å². The smallest absolute Gasteiger partial charge is 0.407 e. The Balaban J connectivity index is 1.25. The van der Waals surface area contributed by atoms with Crippen molar-refractivity contribution in [2.24, 2.45) is 17.8 Å². The van der Waals surface area contributed by atoms with Crippen LogP contribution >= 0.6 is 0 Å². The molecule has 0 unspecified atom stereocenters. The second-order valence-electron chi connectivity index (χ2n) is 9.21. The lowest BCUT2D eigenvalue weighted by molar-refractivity contribution is -0.0127. The third-order valence-electron chi connectivity index (χ3n) is 7.16. The monoisotopic (exact) mass is 369 g/mol. The fourth-order valence-electron chi connectivity index (χ4n) is 6.46. The summed E-state index contributed by atoms with van der Waals surface area (Å²) in [5.74, 6) is 2.41. The molecule has 4 aliphatic carbocycles. The molecular weight excluding hydrogens is 342 g/mol. The van der Waals surface area contributed by atoms with Crippen LogP contribution < -0.4 is 10.6 Å². The van der Waals surface area contributed by atoms with E-state index in [2.05, 4.69) is 10.6 Å². The van der Waals surface area contributed by atoms with Gasteiger partial charge in [-0.1, -0.05) is 6.07 Å². The van der Waals surface area contributed by atoms with Gasteiger partial charge in [0.2, 0.25) is 0 Å². The summed E-state index contributed by atoms with van der Waals surface area (Å²) in [5, 5.41) is 15.5. The Morgan fingerprint density at radius 1 is 1.04 bits per heavy atom. The molecule has 0 radical (unpaired) electrons. The first-order chi connectivity index (χ1) is 13.0. The molecule has 1 aliphatic heterocycles. The molecule has 0 atom stereocenters. The van der Waals surface area contributed by atoms with Crippen molar-refractivity contribution in [1.82, 2.24) is 10.2 Å². The first-order valence-corrected chi connectivity index (χ1v) is 10.2. The standard InChI is InChI=1S/C21H27N3O3/c25-19(23-21-9-13-5-14(10-21)7-15(6-13)11-21)22-18-2-1-17-12-24(20(26)27)4-3-16(17)8-18/h1-2,8,13-15H,3-7,9-12H2,(H,26,27)(H2,22,23,25). The van der Waals surface area contributed by atoms with Crippen LogP contribution in [-0.4, -0.2) is 34.2 Å². The van der Waals surface area contributed by atoms with E-state index in [4.69, 9.17) is 5.11 Å². The van der Waals surface area contributed by atoms with Crippen LogP contribution in [-0.2, 0) is 13.0 Å². The Kier molecular flexibility index (Phi) is 3.85. The van der Waals surface area contributed by atoms with Crippen molar-refractivity contribution in [2.45, 2.75) is 57.0 Å². The lowest BCUT2D eigenvalue weighted by Gasteiger charge is -2.56. The van der Waals surface area contributed by atoms with E-state index in [9.17, 15) is 9.59 Å². The predicted molar refractivity (Wildman–Crippen MR) is 102 cm³/mol. The summed E-state index contributed by atoms with van der Waals surface area (Å²) in [5.41, 5.74) is 2.95. The molecule has 3 N–H and O–H groups in total. The molecular formula is C21H27N3O3. The maximum Gasteiger partial charge on any atom is 0.407 e. The summed E-state index contributed by atoms with van der Waals surface area (Å²) in [4.78, 5) is 25.3. The number of hydrogen-bond donors (Lipinski definition) is 3. The van der Waals surface area contributed by atoms with Crippen molar-refractivity contribution in [3.63, 3.8) is 0 Å². The predicted octanol–water partition coefficient (Wildman–Crippen LogP) is 3.81. The van der Waals surface area contributed by atoms with Crippen LogP contribution in [0.15, 0.2) is 18.2 Å². The van der Waals surface area contributed by atoms with Crippen LogP contribution in [0.3, 0.4) is 0 Å². The molecule has 6 heteroatoms. The number of hydrogen-bond acceptors (Lipinski definition) is 2.